The van der Waals surface area contributed by atoms with Crippen LogP contribution in [0.2, 0.25) is 0 Å². The summed E-state index contributed by atoms with van der Waals surface area (Å²) in [5.41, 5.74) is 17.9. The summed E-state index contributed by atoms with van der Waals surface area (Å²) < 4.78 is 4.66. The van der Waals surface area contributed by atoms with Crippen LogP contribution in [0.25, 0.3) is 89.0 Å². The van der Waals surface area contributed by atoms with Gasteiger partial charge in [-0.25, -0.2) is 4.98 Å². The van der Waals surface area contributed by atoms with Crippen molar-refractivity contribution in [2.24, 2.45) is 0 Å². The second kappa shape index (κ2) is 14.8. The highest BCUT2D eigenvalue weighted by Gasteiger charge is 2.19. The van der Waals surface area contributed by atoms with Crippen LogP contribution >= 0.6 is 0 Å². The Hall–Kier alpha value is -7.95. The number of aryl methyl sites for hydroxylation is 1. The summed E-state index contributed by atoms with van der Waals surface area (Å²) in [6.45, 7) is 2.20. The maximum Gasteiger partial charge on any atom is 0.145 e. The minimum atomic E-state index is 0.900. The Morgan fingerprint density at radius 2 is 0.950 bits per heavy atom. The lowest BCUT2D eigenvalue weighted by molar-refractivity contribution is 1.10. The van der Waals surface area contributed by atoms with Crippen molar-refractivity contribution >= 4 is 44.2 Å². The molecule has 0 saturated heterocycles. The lowest BCUT2D eigenvalue weighted by Crippen LogP contribution is -1.98. The van der Waals surface area contributed by atoms with Gasteiger partial charge in [0.15, 0.2) is 0 Å². The van der Waals surface area contributed by atoms with E-state index in [0.29, 0.717) is 0 Å². The average molecular weight is 769 g/mol. The van der Waals surface area contributed by atoms with E-state index in [1.807, 2.05) is 6.07 Å². The van der Waals surface area contributed by atoms with Gasteiger partial charge in [0.25, 0.3) is 0 Å². The molecular formula is C56H40N4. The summed E-state index contributed by atoms with van der Waals surface area (Å²) in [5.74, 6) is 0.900. The van der Waals surface area contributed by atoms with E-state index in [1.54, 1.807) is 0 Å². The SMILES string of the molecule is Cc1ccc(-c2cc(-c3ccc4c(c3)c3ccccc3n4-c3ccccc3)cc(-c3nc4ccccc4n3-c3ccccc3)c2)cc1-c1ccccc1Nc1ccccc1. The van der Waals surface area contributed by atoms with Crippen LogP contribution in [-0.2, 0) is 0 Å². The minimum Gasteiger partial charge on any atom is -0.355 e. The van der Waals surface area contributed by atoms with Gasteiger partial charge < -0.3 is 9.88 Å². The van der Waals surface area contributed by atoms with Crippen molar-refractivity contribution in [3.05, 3.63) is 224 Å². The first-order valence-corrected chi connectivity index (χ1v) is 20.5. The van der Waals surface area contributed by atoms with Crippen LogP contribution in [0.15, 0.2) is 218 Å². The van der Waals surface area contributed by atoms with Crippen LogP contribution in [0.5, 0.6) is 0 Å². The molecule has 2 heterocycles. The van der Waals surface area contributed by atoms with Crippen LogP contribution < -0.4 is 5.32 Å². The third kappa shape index (κ3) is 6.23. The smallest absolute Gasteiger partial charge is 0.145 e. The van der Waals surface area contributed by atoms with Crippen LogP contribution in [0.3, 0.4) is 0 Å². The number of imidazole rings is 1. The monoisotopic (exact) mass is 768 g/mol. The molecule has 4 nitrogen and oxygen atoms in total. The molecule has 11 rings (SSSR count). The summed E-state index contributed by atoms with van der Waals surface area (Å²) in [6, 6.07) is 78.1. The molecule has 0 aliphatic carbocycles. The van der Waals surface area contributed by atoms with E-state index in [-0.39, 0.29) is 0 Å². The molecule has 0 saturated carbocycles. The van der Waals surface area contributed by atoms with Crippen molar-refractivity contribution in [1.82, 2.24) is 14.1 Å². The summed E-state index contributed by atoms with van der Waals surface area (Å²) in [4.78, 5) is 5.34. The normalized spacial score (nSPS) is 11.4. The number of benzene rings is 9. The predicted octanol–water partition coefficient (Wildman–Crippen LogP) is 14.8. The highest BCUT2D eigenvalue weighted by atomic mass is 15.1. The Kier molecular flexibility index (Phi) is 8.67. The molecule has 4 heteroatoms. The van der Waals surface area contributed by atoms with E-state index >= 15 is 0 Å². The lowest BCUT2D eigenvalue weighted by Gasteiger charge is -2.17. The summed E-state index contributed by atoms with van der Waals surface area (Å²) in [7, 11) is 0. The standard InChI is InChI=1S/C56H40N4/c1-38-29-30-39(36-49(38)47-23-11-13-25-51(47)57-44-17-5-2-6-18-44)41-33-42(35-43(34-41)56-58-52-26-14-16-28-55(52)60(56)46-21-9-4-10-22-46)40-31-32-54-50(37-40)48-24-12-15-27-53(48)59(54)45-19-7-3-8-20-45/h2-37,57H,1H3. The molecule has 9 aromatic carbocycles. The van der Waals surface area contributed by atoms with E-state index in [9.17, 15) is 0 Å². The number of aromatic nitrogens is 3. The summed E-state index contributed by atoms with van der Waals surface area (Å²) in [5, 5.41) is 6.13. The van der Waals surface area contributed by atoms with Gasteiger partial charge in [0.2, 0.25) is 0 Å². The van der Waals surface area contributed by atoms with Gasteiger partial charge in [-0.05, 0) is 137 Å². The van der Waals surface area contributed by atoms with Gasteiger partial charge in [0, 0.05) is 44.6 Å². The fourth-order valence-electron chi connectivity index (χ4n) is 8.75. The third-order valence-electron chi connectivity index (χ3n) is 11.6. The molecule has 0 amide bonds. The van der Waals surface area contributed by atoms with Crippen LogP contribution in [0, 0.1) is 6.92 Å². The fraction of sp³-hybridized carbons (Fsp3) is 0.0179. The Labute approximate surface area is 349 Å². The van der Waals surface area contributed by atoms with Crippen LogP contribution in [-0.4, -0.2) is 14.1 Å². The largest absolute Gasteiger partial charge is 0.355 e. The van der Waals surface area contributed by atoms with Crippen molar-refractivity contribution < 1.29 is 0 Å². The van der Waals surface area contributed by atoms with Crippen LogP contribution in [0.4, 0.5) is 11.4 Å². The van der Waals surface area contributed by atoms with Gasteiger partial charge in [-0.1, -0.05) is 121 Å². The minimum absolute atomic E-state index is 0.900. The fourth-order valence-corrected chi connectivity index (χ4v) is 8.75. The molecule has 0 atom stereocenters. The summed E-state index contributed by atoms with van der Waals surface area (Å²) >= 11 is 0. The molecular weight excluding hydrogens is 729 g/mol. The lowest BCUT2D eigenvalue weighted by atomic mass is 9.91. The maximum atomic E-state index is 5.34. The van der Waals surface area contributed by atoms with E-state index in [4.69, 9.17) is 4.98 Å². The molecule has 0 radical (unpaired) electrons. The maximum absolute atomic E-state index is 5.34. The number of rotatable bonds is 8. The molecule has 0 aliphatic heterocycles. The Bertz CT molecular complexity index is 3340. The van der Waals surface area contributed by atoms with Gasteiger partial charge in [-0.3, -0.25) is 4.57 Å². The number of nitrogens with zero attached hydrogens (tertiary/aromatic N) is 3. The zero-order valence-electron chi connectivity index (χ0n) is 33.1. The van der Waals surface area contributed by atoms with Crippen molar-refractivity contribution in [1.29, 1.82) is 0 Å². The summed E-state index contributed by atoms with van der Waals surface area (Å²) in [6.07, 6.45) is 0. The number of para-hydroxylation sites is 7. The number of nitrogens with one attached hydrogen (secondary N) is 1. The highest BCUT2D eigenvalue weighted by Crippen LogP contribution is 2.41. The van der Waals surface area contributed by atoms with E-state index < -0.39 is 0 Å². The van der Waals surface area contributed by atoms with Gasteiger partial charge in [-0.15, -0.1) is 0 Å². The van der Waals surface area contributed by atoms with E-state index in [1.165, 1.54) is 32.9 Å². The second-order valence-corrected chi connectivity index (χ2v) is 15.4. The molecule has 0 bridgehead atoms. The first kappa shape index (κ1) is 35.2. The molecule has 11 aromatic rings. The van der Waals surface area contributed by atoms with Crippen LogP contribution in [0.1, 0.15) is 5.56 Å². The predicted molar refractivity (Wildman–Crippen MR) is 252 cm³/mol. The molecule has 284 valence electrons. The molecule has 0 aliphatic rings. The Morgan fingerprint density at radius 3 is 1.72 bits per heavy atom. The van der Waals surface area contributed by atoms with Gasteiger partial charge >= 0.3 is 0 Å². The molecule has 0 spiro atoms. The van der Waals surface area contributed by atoms with Crippen molar-refractivity contribution in [2.75, 3.05) is 5.32 Å². The third-order valence-corrected chi connectivity index (χ3v) is 11.6. The average Bonchev–Trinajstić information content (AvgIpc) is 3.86. The quantitative estimate of drug-likeness (QED) is 0.167. The first-order valence-electron chi connectivity index (χ1n) is 20.5. The van der Waals surface area contributed by atoms with E-state index in [2.05, 4.69) is 234 Å². The molecule has 2 aromatic heterocycles. The number of hydrogen-bond acceptors (Lipinski definition) is 2. The first-order chi connectivity index (χ1) is 29.7. The highest BCUT2D eigenvalue weighted by molar-refractivity contribution is 6.10. The second-order valence-electron chi connectivity index (χ2n) is 15.4. The number of fused-ring (bicyclic) bond motifs is 4. The zero-order valence-corrected chi connectivity index (χ0v) is 33.1. The topological polar surface area (TPSA) is 34.8 Å². The number of anilines is 2. The van der Waals surface area contributed by atoms with E-state index in [0.717, 1.165) is 73.0 Å². The Balaban J connectivity index is 1.13. The zero-order chi connectivity index (χ0) is 40.0. The molecule has 0 fully saturated rings. The van der Waals surface area contributed by atoms with Gasteiger partial charge in [-0.2, -0.15) is 0 Å². The molecule has 1 N–H and O–H groups in total. The number of hydrogen-bond donors (Lipinski definition) is 1. The van der Waals surface area contributed by atoms with Gasteiger partial charge in [0.05, 0.1) is 22.1 Å². The van der Waals surface area contributed by atoms with Crippen molar-refractivity contribution in [3.63, 3.8) is 0 Å². The van der Waals surface area contributed by atoms with Gasteiger partial charge in [0.1, 0.15) is 5.82 Å². The van der Waals surface area contributed by atoms with Crippen molar-refractivity contribution in [3.8, 4) is 56.1 Å². The van der Waals surface area contributed by atoms with Crippen molar-refractivity contribution in [2.45, 2.75) is 6.92 Å². The molecule has 60 heavy (non-hydrogen) atoms. The molecule has 0 unspecified atom stereocenters. The Morgan fingerprint density at radius 1 is 0.383 bits per heavy atom.